The largest absolute Gasteiger partial charge is 0.439 e. The number of aromatic nitrogens is 1. The smallest absolute Gasteiger partial charge is 0.326 e. The van der Waals surface area contributed by atoms with Crippen LogP contribution in [0.4, 0.5) is 10.5 Å². The Hall–Kier alpha value is -3.57. The van der Waals surface area contributed by atoms with Gasteiger partial charge < -0.3 is 26.0 Å². The van der Waals surface area contributed by atoms with Gasteiger partial charge in [-0.25, -0.2) is 9.78 Å². The number of thioether (sulfide) groups is 1. The third-order valence-electron chi connectivity index (χ3n) is 8.10. The molecule has 6 rings (SSSR count). The number of nitrogens with one attached hydrogen (secondary N) is 4. The van der Waals surface area contributed by atoms with E-state index in [0.717, 1.165) is 37.9 Å². The molecule has 5 atom stereocenters. The molecule has 4 aliphatic rings. The lowest BCUT2D eigenvalue weighted by Gasteiger charge is -2.46. The van der Waals surface area contributed by atoms with Gasteiger partial charge in [0.25, 0.3) is 5.91 Å². The maximum Gasteiger partial charge on any atom is 0.326 e. The predicted molar refractivity (Wildman–Crippen MR) is 153 cm³/mol. The summed E-state index contributed by atoms with van der Waals surface area (Å²) in [5, 5.41) is 12.8. The second kappa shape index (κ2) is 11.1. The molecule has 2 saturated heterocycles. The number of urea groups is 1. The highest BCUT2D eigenvalue weighted by Gasteiger charge is 2.52. The highest BCUT2D eigenvalue weighted by atomic mass is 32.2. The van der Waals surface area contributed by atoms with Crippen LogP contribution in [0.1, 0.15) is 44.7 Å². The molecule has 3 aliphatic heterocycles. The van der Waals surface area contributed by atoms with Crippen LogP contribution in [-0.2, 0) is 9.59 Å². The number of piperidine rings is 1. The predicted octanol–water partition coefficient (Wildman–Crippen LogP) is 3.54. The fourth-order valence-electron chi connectivity index (χ4n) is 6.20. The molecule has 11 heteroatoms. The summed E-state index contributed by atoms with van der Waals surface area (Å²) in [5.41, 5.74) is 2.11. The van der Waals surface area contributed by atoms with E-state index in [1.54, 1.807) is 11.0 Å². The van der Waals surface area contributed by atoms with E-state index in [0.29, 0.717) is 34.3 Å². The number of ether oxygens (including phenoxy) is 1. The van der Waals surface area contributed by atoms with Gasteiger partial charge in [0.1, 0.15) is 5.75 Å². The number of carbonyl (C=O) groups excluding carboxylic acids is 3. The maximum atomic E-state index is 13.6. The van der Waals surface area contributed by atoms with E-state index in [2.05, 4.69) is 26.3 Å². The van der Waals surface area contributed by atoms with Crippen molar-refractivity contribution in [3.8, 4) is 11.6 Å². The van der Waals surface area contributed by atoms with Crippen molar-refractivity contribution in [2.75, 3.05) is 11.4 Å². The van der Waals surface area contributed by atoms with Gasteiger partial charge in [-0.1, -0.05) is 36.9 Å². The molecule has 0 spiro atoms. The van der Waals surface area contributed by atoms with E-state index in [9.17, 15) is 14.4 Å². The molecule has 1 aliphatic carbocycles. The minimum Gasteiger partial charge on any atom is -0.439 e. The Labute approximate surface area is 237 Å². The Morgan fingerprint density at radius 2 is 1.88 bits per heavy atom. The lowest BCUT2D eigenvalue weighted by Crippen LogP contribution is -2.62. The molecule has 40 heavy (non-hydrogen) atoms. The number of rotatable bonds is 7. The van der Waals surface area contributed by atoms with Gasteiger partial charge in [0.2, 0.25) is 11.8 Å². The van der Waals surface area contributed by atoms with Crippen molar-refractivity contribution in [2.24, 2.45) is 5.92 Å². The van der Waals surface area contributed by atoms with Crippen molar-refractivity contribution < 1.29 is 19.1 Å². The van der Waals surface area contributed by atoms with Gasteiger partial charge >= 0.3 is 6.03 Å². The summed E-state index contributed by atoms with van der Waals surface area (Å²) in [4.78, 5) is 46.1. The van der Waals surface area contributed by atoms with Crippen molar-refractivity contribution in [3.63, 3.8) is 0 Å². The quantitative estimate of drug-likeness (QED) is 0.407. The van der Waals surface area contributed by atoms with Crippen LogP contribution in [0.3, 0.4) is 0 Å². The number of aryl methyl sites for hydroxylation is 1. The van der Waals surface area contributed by atoms with Crippen LogP contribution in [0.5, 0.6) is 11.6 Å². The first-order chi connectivity index (χ1) is 19.4. The van der Waals surface area contributed by atoms with E-state index in [1.165, 1.54) is 11.8 Å². The number of para-hydroxylation sites is 1. The highest BCUT2D eigenvalue weighted by Crippen LogP contribution is 2.48. The van der Waals surface area contributed by atoms with Crippen LogP contribution in [0.15, 0.2) is 53.1 Å². The third kappa shape index (κ3) is 5.03. The third-order valence-corrected chi connectivity index (χ3v) is 9.46. The lowest BCUT2D eigenvalue weighted by molar-refractivity contribution is -0.122. The van der Waals surface area contributed by atoms with E-state index < -0.39 is 0 Å². The highest BCUT2D eigenvalue weighted by molar-refractivity contribution is 8.04. The number of nitrogens with zero attached hydrogens (tertiary/aromatic N) is 2. The minimum absolute atomic E-state index is 0.00874. The van der Waals surface area contributed by atoms with E-state index in [4.69, 9.17) is 4.74 Å². The zero-order valence-electron chi connectivity index (χ0n) is 22.6. The molecule has 1 aromatic carbocycles. The molecule has 1 aromatic heterocycles. The van der Waals surface area contributed by atoms with Crippen molar-refractivity contribution in [3.05, 3.63) is 58.8 Å². The normalized spacial score (nSPS) is 27.2. The molecule has 0 bridgehead atoms. The molecular formula is C29H34N6O4S. The molecule has 2 aromatic rings. The summed E-state index contributed by atoms with van der Waals surface area (Å²) in [5.74, 6) is 0.900. The Morgan fingerprint density at radius 1 is 1.10 bits per heavy atom. The Balaban J connectivity index is 1.22. The fraction of sp³-hybridized carbons (Fsp3) is 0.448. The molecule has 210 valence electrons. The van der Waals surface area contributed by atoms with Crippen molar-refractivity contribution in [2.45, 2.75) is 69.5 Å². The second-order valence-electron chi connectivity index (χ2n) is 10.6. The van der Waals surface area contributed by atoms with Crippen LogP contribution in [0, 0.1) is 12.8 Å². The second-order valence-corrected chi connectivity index (χ2v) is 11.8. The van der Waals surface area contributed by atoms with Gasteiger partial charge in [-0.15, -0.1) is 0 Å². The molecule has 4 N–H and O–H groups in total. The van der Waals surface area contributed by atoms with E-state index >= 15 is 0 Å². The summed E-state index contributed by atoms with van der Waals surface area (Å²) < 4.78 is 5.89. The molecule has 4 heterocycles. The van der Waals surface area contributed by atoms with Gasteiger partial charge in [-0.05, 0) is 57.4 Å². The number of hydrogen-bond donors (Lipinski definition) is 4. The average molecular weight is 563 g/mol. The molecule has 4 amide bonds. The number of carbonyl (C=O) groups is 3. The van der Waals surface area contributed by atoms with Crippen LogP contribution < -0.4 is 30.9 Å². The number of anilines is 1. The standard InChI is InChI=1S/C29H34N6O4S/c1-3-22(36)32-18-10-7-11-19(18)33-27(37)26-25-24-21(14-15-30-28(24)40-26)35(29(38)34-25)20-12-13-23(31-16(20)2)39-17-8-5-4-6-9-17/h4-6,8-9,12-13,18-19,21,24,28,30H,3,7,10-11,14-15H2,1-2H3,(H,32,36)(H,33,37)(H,34,38)/t18-,19+,21?,24?,28?/m0/s1. The summed E-state index contributed by atoms with van der Waals surface area (Å²) in [6.07, 6.45) is 3.78. The first-order valence-electron chi connectivity index (χ1n) is 14.0. The monoisotopic (exact) mass is 562 g/mol. The summed E-state index contributed by atoms with van der Waals surface area (Å²) >= 11 is 1.48. The van der Waals surface area contributed by atoms with Crippen molar-refractivity contribution in [1.29, 1.82) is 0 Å². The minimum atomic E-state index is -0.264. The van der Waals surface area contributed by atoms with Crippen LogP contribution in [0.25, 0.3) is 0 Å². The summed E-state index contributed by atoms with van der Waals surface area (Å²) in [7, 11) is 0. The summed E-state index contributed by atoms with van der Waals surface area (Å²) in [6.45, 7) is 4.44. The molecule has 3 fully saturated rings. The van der Waals surface area contributed by atoms with Gasteiger partial charge in [-0.3, -0.25) is 14.5 Å². The Bertz CT molecular complexity index is 1350. The molecule has 1 saturated carbocycles. The number of pyridine rings is 1. The maximum absolute atomic E-state index is 13.6. The molecule has 3 unspecified atom stereocenters. The zero-order chi connectivity index (χ0) is 27.8. The first-order valence-corrected chi connectivity index (χ1v) is 14.9. The summed E-state index contributed by atoms with van der Waals surface area (Å²) in [6, 6.07) is 12.6. The van der Waals surface area contributed by atoms with E-state index in [1.807, 2.05) is 50.2 Å². The lowest BCUT2D eigenvalue weighted by atomic mass is 9.86. The van der Waals surface area contributed by atoms with Crippen LogP contribution in [-0.4, -0.2) is 52.9 Å². The number of benzene rings is 1. The molecule has 10 nitrogen and oxygen atoms in total. The van der Waals surface area contributed by atoms with Crippen LogP contribution in [0.2, 0.25) is 0 Å². The SMILES string of the molecule is CCC(=O)N[C@H]1CCC[C@H]1NC(=O)C1=C2NC(=O)N(c3ccc(Oc4ccccc4)nc3C)C3CCNC(S1)C23. The van der Waals surface area contributed by atoms with Gasteiger partial charge in [-0.2, -0.15) is 0 Å². The first kappa shape index (κ1) is 26.6. The van der Waals surface area contributed by atoms with Gasteiger partial charge in [0.05, 0.1) is 27.7 Å². The van der Waals surface area contributed by atoms with Crippen molar-refractivity contribution >= 4 is 35.3 Å². The van der Waals surface area contributed by atoms with Crippen molar-refractivity contribution in [1.82, 2.24) is 26.3 Å². The number of amides is 4. The van der Waals surface area contributed by atoms with Gasteiger partial charge in [0, 0.05) is 36.2 Å². The Kier molecular flexibility index (Phi) is 7.41. The van der Waals surface area contributed by atoms with Gasteiger partial charge in [0.15, 0.2) is 0 Å². The van der Waals surface area contributed by atoms with Crippen LogP contribution >= 0.6 is 11.8 Å². The Morgan fingerprint density at radius 3 is 2.62 bits per heavy atom. The zero-order valence-corrected chi connectivity index (χ0v) is 23.4. The molecular weight excluding hydrogens is 528 g/mol. The number of hydrogen-bond acceptors (Lipinski definition) is 7. The van der Waals surface area contributed by atoms with E-state index in [-0.39, 0.29) is 47.3 Å². The average Bonchev–Trinajstić information content (AvgIpc) is 3.55. The topological polar surface area (TPSA) is 125 Å². The molecule has 0 radical (unpaired) electrons. The fourth-order valence-corrected chi connectivity index (χ4v) is 7.60.